The van der Waals surface area contributed by atoms with E-state index in [0.29, 0.717) is 10.0 Å². The summed E-state index contributed by atoms with van der Waals surface area (Å²) in [5, 5.41) is 5.80. The van der Waals surface area contributed by atoms with Crippen molar-refractivity contribution in [3.05, 3.63) is 155 Å². The van der Waals surface area contributed by atoms with E-state index in [0.717, 1.165) is 11.1 Å². The van der Waals surface area contributed by atoms with E-state index in [1.54, 1.807) is 0 Å². The van der Waals surface area contributed by atoms with Gasteiger partial charge in [0.25, 0.3) is 0 Å². The van der Waals surface area contributed by atoms with Crippen molar-refractivity contribution in [2.24, 2.45) is 0 Å². The molecule has 4 heteroatoms. The average molecular weight is 513 g/mol. The molecule has 1 nitrogen and oxygen atoms in total. The Hall–Kier alpha value is -2.93. The molecule has 0 amide bonds. The van der Waals surface area contributed by atoms with E-state index in [-0.39, 0.29) is 6.10 Å². The maximum absolute atomic E-state index is 7.68. The molecular formula is C31H23Cl2OP. The van der Waals surface area contributed by atoms with E-state index in [1.165, 1.54) is 21.2 Å². The van der Waals surface area contributed by atoms with Crippen molar-refractivity contribution in [2.45, 2.75) is 6.10 Å². The van der Waals surface area contributed by atoms with Crippen molar-refractivity contribution in [2.75, 3.05) is 0 Å². The summed E-state index contributed by atoms with van der Waals surface area (Å²) >= 11 is 12.8. The second-order valence-corrected chi connectivity index (χ2v) is 13.9. The van der Waals surface area contributed by atoms with Crippen LogP contribution < -0.4 is 21.2 Å². The number of rotatable bonds is 4. The molecule has 0 fully saturated rings. The molecule has 0 N–H and O–H groups in total. The first-order chi connectivity index (χ1) is 17.1. The van der Waals surface area contributed by atoms with Gasteiger partial charge in [-0.05, 0) is 0 Å². The van der Waals surface area contributed by atoms with E-state index in [9.17, 15) is 0 Å². The van der Waals surface area contributed by atoms with Crippen molar-refractivity contribution >= 4 is 51.3 Å². The second kappa shape index (κ2) is 8.63. The van der Waals surface area contributed by atoms with Crippen LogP contribution in [0.2, 0.25) is 10.0 Å². The third-order valence-corrected chi connectivity index (χ3v) is 13.5. The number of hydrogen-bond acceptors (Lipinski definition) is 1. The van der Waals surface area contributed by atoms with Gasteiger partial charge < -0.3 is 0 Å². The first-order valence-corrected chi connectivity index (χ1v) is 14.5. The molecular weight excluding hydrogens is 490 g/mol. The predicted octanol–water partition coefficient (Wildman–Crippen LogP) is 7.18. The molecule has 5 aromatic carbocycles. The molecule has 0 saturated heterocycles. The van der Waals surface area contributed by atoms with Gasteiger partial charge in [0.05, 0.1) is 0 Å². The molecule has 0 aliphatic carbocycles. The normalized spacial score (nSPS) is 18.8. The van der Waals surface area contributed by atoms with E-state index in [4.69, 9.17) is 27.7 Å². The molecule has 35 heavy (non-hydrogen) atoms. The van der Waals surface area contributed by atoms with Gasteiger partial charge in [0.1, 0.15) is 0 Å². The van der Waals surface area contributed by atoms with Gasteiger partial charge in [-0.1, -0.05) is 0 Å². The number of hydrogen-bond donors (Lipinski definition) is 0. The Balaban J connectivity index is 1.80. The van der Waals surface area contributed by atoms with Crippen LogP contribution in [0, 0.1) is 0 Å². The summed E-state index contributed by atoms with van der Waals surface area (Å²) in [6.45, 7) is -3.61. The number of benzene rings is 5. The molecule has 1 aliphatic heterocycles. The van der Waals surface area contributed by atoms with Crippen LogP contribution in [-0.2, 0) is 4.52 Å². The van der Waals surface area contributed by atoms with E-state index < -0.39 is 6.83 Å². The Morgan fingerprint density at radius 3 is 1.51 bits per heavy atom. The molecule has 0 spiro atoms. The van der Waals surface area contributed by atoms with E-state index in [1.807, 2.05) is 18.2 Å². The monoisotopic (exact) mass is 512 g/mol. The predicted molar refractivity (Wildman–Crippen MR) is 151 cm³/mol. The minimum absolute atomic E-state index is 0.306. The molecule has 6 rings (SSSR count). The summed E-state index contributed by atoms with van der Waals surface area (Å²) < 4.78 is 7.68. The van der Waals surface area contributed by atoms with Gasteiger partial charge in [-0.2, -0.15) is 0 Å². The molecule has 1 aliphatic rings. The zero-order valence-corrected chi connectivity index (χ0v) is 21.3. The van der Waals surface area contributed by atoms with Crippen molar-refractivity contribution in [3.63, 3.8) is 0 Å². The molecule has 0 aromatic heterocycles. The summed E-state index contributed by atoms with van der Waals surface area (Å²) in [5.41, 5.74) is 2.14. The second-order valence-electron chi connectivity index (χ2n) is 8.76. The van der Waals surface area contributed by atoms with Crippen molar-refractivity contribution < 1.29 is 4.52 Å². The molecule has 0 saturated carbocycles. The summed E-state index contributed by atoms with van der Waals surface area (Å²) in [6.07, 6.45) is -0.306. The molecule has 5 aromatic rings. The maximum atomic E-state index is 7.68. The first kappa shape index (κ1) is 22.5. The van der Waals surface area contributed by atoms with Gasteiger partial charge >= 0.3 is 217 Å². The van der Waals surface area contributed by atoms with Crippen LogP contribution in [0.25, 0.3) is 0 Å². The van der Waals surface area contributed by atoms with Crippen LogP contribution in [0.3, 0.4) is 0 Å². The Morgan fingerprint density at radius 1 is 0.514 bits per heavy atom. The third-order valence-electron chi connectivity index (χ3n) is 6.99. The fraction of sp³-hybridized carbons (Fsp3) is 0.0323. The Morgan fingerprint density at radius 2 is 1.00 bits per heavy atom. The van der Waals surface area contributed by atoms with Crippen molar-refractivity contribution in [3.8, 4) is 0 Å². The van der Waals surface area contributed by atoms with Gasteiger partial charge in [-0.15, -0.1) is 0 Å². The average Bonchev–Trinajstić information content (AvgIpc) is 3.26. The molecule has 1 heterocycles. The summed E-state index contributed by atoms with van der Waals surface area (Å²) in [5.74, 6) is 0. The summed E-state index contributed by atoms with van der Waals surface area (Å²) in [6, 6.07) is 46.5. The van der Waals surface area contributed by atoms with Crippen LogP contribution in [0.5, 0.6) is 0 Å². The van der Waals surface area contributed by atoms with Gasteiger partial charge in [0.15, 0.2) is 0 Å². The molecule has 172 valence electrons. The van der Waals surface area contributed by atoms with Gasteiger partial charge in [0.2, 0.25) is 0 Å². The van der Waals surface area contributed by atoms with Crippen LogP contribution in [0.15, 0.2) is 133 Å². The van der Waals surface area contributed by atoms with Gasteiger partial charge in [-0.3, -0.25) is 0 Å². The van der Waals surface area contributed by atoms with Crippen molar-refractivity contribution in [1.82, 2.24) is 0 Å². The minimum atomic E-state index is -3.61. The zero-order chi connectivity index (χ0) is 23.9. The summed E-state index contributed by atoms with van der Waals surface area (Å²) in [7, 11) is 0. The zero-order valence-electron chi connectivity index (χ0n) is 18.9. The Labute approximate surface area is 215 Å². The third kappa shape index (κ3) is 3.17. The standard InChI is InChI=1S/C31H23Cl2OP/c32-28-21-20-23(22-29(28)33)31-27-18-10-11-19-30(27)35(34-31,24-12-4-1-5-13-24,25-14-6-2-7-15-25)26-16-8-3-9-17-26/h1-22,31H/t31-/m0/s1. The van der Waals surface area contributed by atoms with Gasteiger partial charge in [-0.25, -0.2) is 0 Å². The number of fused-ring (bicyclic) bond motifs is 1. The van der Waals surface area contributed by atoms with Gasteiger partial charge in [0, 0.05) is 0 Å². The first-order valence-electron chi connectivity index (χ1n) is 11.6. The van der Waals surface area contributed by atoms with E-state index in [2.05, 4.69) is 115 Å². The van der Waals surface area contributed by atoms with Crippen LogP contribution in [-0.4, -0.2) is 0 Å². The van der Waals surface area contributed by atoms with Crippen LogP contribution in [0.1, 0.15) is 17.2 Å². The quantitative estimate of drug-likeness (QED) is 0.231. The molecule has 0 radical (unpaired) electrons. The number of halogens is 2. The SMILES string of the molecule is Clc1ccc([C@@H]2OP(c3ccccc3)(c3ccccc3)(c3ccccc3)c3ccccc32)cc1Cl. The molecule has 0 unspecified atom stereocenters. The van der Waals surface area contributed by atoms with Crippen LogP contribution in [0.4, 0.5) is 0 Å². The van der Waals surface area contributed by atoms with Crippen LogP contribution >= 0.6 is 30.0 Å². The molecule has 1 atom stereocenters. The molecule has 0 bridgehead atoms. The fourth-order valence-corrected chi connectivity index (χ4v) is 12.0. The van der Waals surface area contributed by atoms with Crippen molar-refractivity contribution in [1.29, 1.82) is 0 Å². The fourth-order valence-electron chi connectivity index (χ4n) is 5.52. The Kier molecular flexibility index (Phi) is 5.55. The summed E-state index contributed by atoms with van der Waals surface area (Å²) in [4.78, 5) is 0. The Bertz CT molecular complexity index is 1400. The van der Waals surface area contributed by atoms with E-state index >= 15 is 0 Å². The topological polar surface area (TPSA) is 9.23 Å².